The quantitative estimate of drug-likeness (QED) is 0.779. The van der Waals surface area contributed by atoms with Crippen molar-refractivity contribution >= 4 is 11.7 Å². The number of likely N-dealkylation sites (N-methyl/N-ethyl adjacent to an activating group) is 1. The van der Waals surface area contributed by atoms with Crippen molar-refractivity contribution < 1.29 is 14.6 Å². The fraction of sp³-hybridized carbons (Fsp3) is 0.316. The molecule has 2 rings (SSSR count). The number of carboxylic acids is 1. The summed E-state index contributed by atoms with van der Waals surface area (Å²) < 4.78 is 5.89. The highest BCUT2D eigenvalue weighted by Crippen LogP contribution is 2.26. The first kappa shape index (κ1) is 17.8. The number of aromatic carboxylic acids is 1. The Labute approximate surface area is 142 Å². The summed E-state index contributed by atoms with van der Waals surface area (Å²) in [7, 11) is 4.03. The van der Waals surface area contributed by atoms with E-state index in [4.69, 9.17) is 9.84 Å². The molecule has 0 atom stereocenters. The van der Waals surface area contributed by atoms with Crippen LogP contribution in [0.1, 0.15) is 21.5 Å². The van der Waals surface area contributed by atoms with Crippen LogP contribution in [0.5, 0.6) is 5.75 Å². The summed E-state index contributed by atoms with van der Waals surface area (Å²) in [6, 6.07) is 12.9. The number of carbonyl (C=O) groups is 1. The van der Waals surface area contributed by atoms with E-state index < -0.39 is 5.97 Å². The molecule has 0 fully saturated rings. The molecular formula is C19H24N2O3. The van der Waals surface area contributed by atoms with Crippen molar-refractivity contribution in [1.29, 1.82) is 0 Å². The number of anilines is 1. The summed E-state index contributed by atoms with van der Waals surface area (Å²) in [5.74, 6) is -0.0800. The number of nitrogens with one attached hydrogen (secondary N) is 1. The van der Waals surface area contributed by atoms with Crippen LogP contribution >= 0.6 is 0 Å². The first-order valence-electron chi connectivity index (χ1n) is 7.90. The Bertz CT molecular complexity index is 682. The van der Waals surface area contributed by atoms with Crippen LogP contribution in [0.3, 0.4) is 0 Å². The molecule has 0 bridgehead atoms. The molecule has 2 N–H and O–H groups in total. The molecule has 0 saturated carbocycles. The number of ether oxygens (including phenoxy) is 1. The average Bonchev–Trinajstić information content (AvgIpc) is 2.54. The van der Waals surface area contributed by atoms with E-state index in [9.17, 15) is 4.79 Å². The van der Waals surface area contributed by atoms with Gasteiger partial charge < -0.3 is 20.1 Å². The molecule has 0 radical (unpaired) electrons. The number of hydrogen-bond acceptors (Lipinski definition) is 4. The number of rotatable bonds is 8. The second-order valence-corrected chi connectivity index (χ2v) is 6.01. The zero-order valence-corrected chi connectivity index (χ0v) is 14.4. The van der Waals surface area contributed by atoms with Crippen molar-refractivity contribution in [1.82, 2.24) is 4.90 Å². The highest BCUT2D eigenvalue weighted by Gasteiger charge is 2.06. The zero-order chi connectivity index (χ0) is 17.5. The number of hydrogen-bond donors (Lipinski definition) is 2. The molecule has 0 aliphatic carbocycles. The van der Waals surface area contributed by atoms with Crippen molar-refractivity contribution in [2.75, 3.05) is 32.6 Å². The van der Waals surface area contributed by atoms with E-state index in [0.29, 0.717) is 18.7 Å². The molecule has 0 saturated heterocycles. The minimum absolute atomic E-state index is 0.293. The van der Waals surface area contributed by atoms with Gasteiger partial charge in [-0.2, -0.15) is 0 Å². The molecule has 2 aromatic rings. The van der Waals surface area contributed by atoms with Gasteiger partial charge in [-0.25, -0.2) is 4.79 Å². The molecule has 0 heterocycles. The normalized spacial score (nSPS) is 10.7. The van der Waals surface area contributed by atoms with Gasteiger partial charge in [0.05, 0.1) is 11.3 Å². The van der Waals surface area contributed by atoms with Gasteiger partial charge in [0.2, 0.25) is 0 Å². The Morgan fingerprint density at radius 1 is 1.17 bits per heavy atom. The lowest BCUT2D eigenvalue weighted by Gasteiger charge is -2.16. The van der Waals surface area contributed by atoms with Crippen molar-refractivity contribution in [2.45, 2.75) is 13.5 Å². The largest absolute Gasteiger partial charge is 0.490 e. The van der Waals surface area contributed by atoms with E-state index in [-0.39, 0.29) is 0 Å². The standard InChI is InChI=1S/C19H24N2O3/c1-14-4-9-17(18(12-14)24-11-10-21(2)3)20-13-15-5-7-16(8-6-15)19(22)23/h4-9,12,20H,10-11,13H2,1-3H3,(H,22,23). The summed E-state index contributed by atoms with van der Waals surface area (Å²) in [6.07, 6.45) is 0. The molecule has 2 aromatic carbocycles. The highest BCUT2D eigenvalue weighted by atomic mass is 16.5. The lowest BCUT2D eigenvalue weighted by molar-refractivity contribution is 0.0697. The Hall–Kier alpha value is -2.53. The Balaban J connectivity index is 2.01. The number of carboxylic acid groups (broad SMARTS) is 1. The van der Waals surface area contributed by atoms with Crippen LogP contribution < -0.4 is 10.1 Å². The van der Waals surface area contributed by atoms with Gasteiger partial charge in [-0.05, 0) is 56.4 Å². The van der Waals surface area contributed by atoms with E-state index >= 15 is 0 Å². The topological polar surface area (TPSA) is 61.8 Å². The van der Waals surface area contributed by atoms with E-state index in [2.05, 4.69) is 10.2 Å². The van der Waals surface area contributed by atoms with Crippen molar-refractivity contribution in [3.05, 3.63) is 59.2 Å². The second kappa shape index (κ2) is 8.36. The Kier molecular flexibility index (Phi) is 6.21. The van der Waals surface area contributed by atoms with Gasteiger partial charge in [-0.1, -0.05) is 18.2 Å². The SMILES string of the molecule is Cc1ccc(NCc2ccc(C(=O)O)cc2)c(OCCN(C)C)c1. The van der Waals surface area contributed by atoms with Gasteiger partial charge in [-0.3, -0.25) is 0 Å². The Morgan fingerprint density at radius 3 is 2.50 bits per heavy atom. The predicted molar refractivity (Wildman–Crippen MR) is 96.0 cm³/mol. The van der Waals surface area contributed by atoms with E-state index in [0.717, 1.165) is 29.1 Å². The van der Waals surface area contributed by atoms with Gasteiger partial charge in [-0.15, -0.1) is 0 Å². The first-order chi connectivity index (χ1) is 11.5. The summed E-state index contributed by atoms with van der Waals surface area (Å²) in [5.41, 5.74) is 3.38. The summed E-state index contributed by atoms with van der Waals surface area (Å²) in [5, 5.41) is 12.3. The van der Waals surface area contributed by atoms with Gasteiger partial charge in [0, 0.05) is 13.1 Å². The lowest BCUT2D eigenvalue weighted by Crippen LogP contribution is -2.19. The minimum atomic E-state index is -0.912. The maximum absolute atomic E-state index is 10.9. The molecule has 0 unspecified atom stereocenters. The molecule has 0 spiro atoms. The molecule has 0 aromatic heterocycles. The summed E-state index contributed by atoms with van der Waals surface area (Å²) in [6.45, 7) is 4.11. The monoisotopic (exact) mass is 328 g/mol. The van der Waals surface area contributed by atoms with Crippen molar-refractivity contribution in [3.8, 4) is 5.75 Å². The van der Waals surface area contributed by atoms with Crippen LogP contribution in [0.4, 0.5) is 5.69 Å². The summed E-state index contributed by atoms with van der Waals surface area (Å²) >= 11 is 0. The van der Waals surface area contributed by atoms with Crippen molar-refractivity contribution in [2.24, 2.45) is 0 Å². The highest BCUT2D eigenvalue weighted by molar-refractivity contribution is 5.87. The average molecular weight is 328 g/mol. The van der Waals surface area contributed by atoms with Gasteiger partial charge in [0.25, 0.3) is 0 Å². The fourth-order valence-corrected chi connectivity index (χ4v) is 2.20. The molecule has 5 nitrogen and oxygen atoms in total. The molecular weight excluding hydrogens is 304 g/mol. The smallest absolute Gasteiger partial charge is 0.335 e. The van der Waals surface area contributed by atoms with Gasteiger partial charge in [0.1, 0.15) is 12.4 Å². The predicted octanol–water partition coefficient (Wildman–Crippen LogP) is 3.25. The Morgan fingerprint density at radius 2 is 1.88 bits per heavy atom. The molecule has 24 heavy (non-hydrogen) atoms. The van der Waals surface area contributed by atoms with Gasteiger partial charge >= 0.3 is 5.97 Å². The van der Waals surface area contributed by atoms with E-state index in [1.165, 1.54) is 0 Å². The van der Waals surface area contributed by atoms with Crippen LogP contribution in [0, 0.1) is 6.92 Å². The summed E-state index contributed by atoms with van der Waals surface area (Å²) in [4.78, 5) is 13.0. The first-order valence-corrected chi connectivity index (χ1v) is 7.90. The minimum Gasteiger partial charge on any atom is -0.490 e. The third-order valence-electron chi connectivity index (χ3n) is 3.62. The number of benzene rings is 2. The fourth-order valence-electron chi connectivity index (χ4n) is 2.20. The molecule has 0 aliphatic rings. The van der Waals surface area contributed by atoms with Crippen LogP contribution in [0.2, 0.25) is 0 Å². The number of nitrogens with zero attached hydrogens (tertiary/aromatic N) is 1. The molecule has 0 amide bonds. The van der Waals surface area contributed by atoms with Crippen LogP contribution in [-0.2, 0) is 6.54 Å². The maximum atomic E-state index is 10.9. The van der Waals surface area contributed by atoms with Gasteiger partial charge in [0.15, 0.2) is 0 Å². The molecule has 0 aliphatic heterocycles. The van der Waals surface area contributed by atoms with E-state index in [1.54, 1.807) is 12.1 Å². The van der Waals surface area contributed by atoms with Crippen LogP contribution in [0.15, 0.2) is 42.5 Å². The van der Waals surface area contributed by atoms with Crippen LogP contribution in [-0.4, -0.2) is 43.2 Å². The lowest BCUT2D eigenvalue weighted by atomic mass is 10.1. The third-order valence-corrected chi connectivity index (χ3v) is 3.62. The maximum Gasteiger partial charge on any atom is 0.335 e. The second-order valence-electron chi connectivity index (χ2n) is 6.01. The zero-order valence-electron chi connectivity index (χ0n) is 14.4. The van der Waals surface area contributed by atoms with Crippen molar-refractivity contribution in [3.63, 3.8) is 0 Å². The number of aryl methyl sites for hydroxylation is 1. The molecule has 5 heteroatoms. The van der Waals surface area contributed by atoms with E-state index in [1.807, 2.05) is 51.4 Å². The van der Waals surface area contributed by atoms with Crippen LogP contribution in [0.25, 0.3) is 0 Å². The molecule has 128 valence electrons. The third kappa shape index (κ3) is 5.28.